The van der Waals surface area contributed by atoms with Crippen LogP contribution in [0.1, 0.15) is 29.9 Å². The van der Waals surface area contributed by atoms with Gasteiger partial charge in [0, 0.05) is 19.3 Å². The summed E-state index contributed by atoms with van der Waals surface area (Å²) in [6.07, 6.45) is 6.36. The largest absolute Gasteiger partial charge is 0.380 e. The highest BCUT2D eigenvalue weighted by molar-refractivity contribution is 5.41. The number of benzene rings is 1. The highest BCUT2D eigenvalue weighted by atomic mass is 15.3. The van der Waals surface area contributed by atoms with Crippen LogP contribution in [0.3, 0.4) is 0 Å². The topological polar surface area (TPSA) is 29.9 Å². The summed E-state index contributed by atoms with van der Waals surface area (Å²) in [5, 5.41) is 7.71. The molecule has 3 nitrogen and oxygen atoms in total. The Morgan fingerprint density at radius 2 is 2.06 bits per heavy atom. The lowest BCUT2D eigenvalue weighted by atomic mass is 9.74. The van der Waals surface area contributed by atoms with E-state index in [2.05, 4.69) is 41.6 Å². The Morgan fingerprint density at radius 1 is 1.28 bits per heavy atom. The van der Waals surface area contributed by atoms with Crippen molar-refractivity contribution >= 4 is 5.69 Å². The van der Waals surface area contributed by atoms with Crippen molar-refractivity contribution in [3.63, 3.8) is 0 Å². The first kappa shape index (κ1) is 11.3. The van der Waals surface area contributed by atoms with Crippen LogP contribution >= 0.6 is 0 Å². The summed E-state index contributed by atoms with van der Waals surface area (Å²) in [4.78, 5) is 0. The van der Waals surface area contributed by atoms with E-state index in [4.69, 9.17) is 0 Å². The number of rotatable bonds is 3. The van der Waals surface area contributed by atoms with Gasteiger partial charge in [0.25, 0.3) is 0 Å². The van der Waals surface area contributed by atoms with Gasteiger partial charge < -0.3 is 5.32 Å². The summed E-state index contributed by atoms with van der Waals surface area (Å²) < 4.78 is 1.83. The van der Waals surface area contributed by atoms with E-state index in [-0.39, 0.29) is 0 Å². The lowest BCUT2D eigenvalue weighted by Gasteiger charge is -2.37. The van der Waals surface area contributed by atoms with Crippen LogP contribution in [-0.2, 0) is 7.05 Å². The molecule has 18 heavy (non-hydrogen) atoms. The highest BCUT2D eigenvalue weighted by Crippen LogP contribution is 2.39. The van der Waals surface area contributed by atoms with Gasteiger partial charge in [-0.25, -0.2) is 0 Å². The first-order valence-electron chi connectivity index (χ1n) is 6.53. The Hall–Kier alpha value is -1.77. The number of aromatic nitrogens is 2. The number of anilines is 1. The molecule has 1 N–H and O–H groups in total. The molecule has 0 atom stereocenters. The third kappa shape index (κ3) is 2.13. The number of nitrogens with one attached hydrogen (secondary N) is 1. The molecule has 1 aromatic carbocycles. The zero-order chi connectivity index (χ0) is 12.5. The minimum Gasteiger partial charge on any atom is -0.380 e. The van der Waals surface area contributed by atoms with E-state index >= 15 is 0 Å². The molecule has 0 saturated heterocycles. The average molecular weight is 241 g/mol. The fourth-order valence-electron chi connectivity index (χ4n) is 2.77. The van der Waals surface area contributed by atoms with Crippen molar-refractivity contribution in [3.05, 3.63) is 47.8 Å². The van der Waals surface area contributed by atoms with Gasteiger partial charge in [-0.05, 0) is 36.8 Å². The quantitative estimate of drug-likeness (QED) is 0.895. The summed E-state index contributed by atoms with van der Waals surface area (Å²) in [6.45, 7) is 2.21. The molecule has 1 aliphatic carbocycles. The van der Waals surface area contributed by atoms with E-state index in [1.165, 1.54) is 24.0 Å². The van der Waals surface area contributed by atoms with Gasteiger partial charge in [0.15, 0.2) is 0 Å². The first-order chi connectivity index (χ1) is 8.72. The zero-order valence-corrected chi connectivity index (χ0v) is 10.9. The maximum Gasteiger partial charge on any atom is 0.0728 e. The second-order valence-electron chi connectivity index (χ2n) is 5.27. The van der Waals surface area contributed by atoms with Crippen LogP contribution in [0.25, 0.3) is 0 Å². The summed E-state index contributed by atoms with van der Waals surface area (Å²) in [6, 6.07) is 9.32. The molecule has 0 unspecified atom stereocenters. The van der Waals surface area contributed by atoms with Crippen LogP contribution in [-0.4, -0.2) is 15.8 Å². The molecule has 0 radical (unpaired) electrons. The maximum absolute atomic E-state index is 4.17. The summed E-state index contributed by atoms with van der Waals surface area (Å²) in [5.74, 6) is 0.723. The fourth-order valence-corrected chi connectivity index (χ4v) is 2.77. The van der Waals surface area contributed by atoms with Crippen molar-refractivity contribution in [2.45, 2.75) is 31.7 Å². The predicted octanol–water partition coefficient (Wildman–Crippen LogP) is 3.09. The van der Waals surface area contributed by atoms with E-state index in [1.807, 2.05) is 24.1 Å². The van der Waals surface area contributed by atoms with Crippen LogP contribution in [0.4, 0.5) is 5.69 Å². The Balaban J connectivity index is 1.59. The smallest absolute Gasteiger partial charge is 0.0728 e. The van der Waals surface area contributed by atoms with Crippen molar-refractivity contribution in [1.82, 2.24) is 9.78 Å². The van der Waals surface area contributed by atoms with Crippen molar-refractivity contribution in [1.29, 1.82) is 0 Å². The van der Waals surface area contributed by atoms with E-state index in [0.717, 1.165) is 11.6 Å². The Kier molecular flexibility index (Phi) is 2.82. The summed E-state index contributed by atoms with van der Waals surface area (Å²) in [5.41, 5.74) is 4.06. The van der Waals surface area contributed by atoms with Crippen molar-refractivity contribution in [2.75, 3.05) is 5.32 Å². The SMILES string of the molecule is Cc1ccccc1C1CC(Nc2cnn(C)c2)C1. The molecule has 1 aliphatic rings. The molecule has 0 aliphatic heterocycles. The number of aryl methyl sites for hydroxylation is 2. The molecule has 1 heterocycles. The van der Waals surface area contributed by atoms with Crippen LogP contribution < -0.4 is 5.32 Å². The Bertz CT molecular complexity index is 538. The number of hydrogen-bond donors (Lipinski definition) is 1. The van der Waals surface area contributed by atoms with Crippen molar-refractivity contribution in [3.8, 4) is 0 Å². The van der Waals surface area contributed by atoms with Gasteiger partial charge in [-0.15, -0.1) is 0 Å². The molecule has 0 amide bonds. The third-order valence-corrected chi connectivity index (χ3v) is 3.84. The van der Waals surface area contributed by atoms with Crippen molar-refractivity contribution < 1.29 is 0 Å². The number of nitrogens with zero attached hydrogens (tertiary/aromatic N) is 2. The van der Waals surface area contributed by atoms with Gasteiger partial charge in [-0.3, -0.25) is 4.68 Å². The van der Waals surface area contributed by atoms with E-state index in [1.54, 1.807) is 0 Å². The van der Waals surface area contributed by atoms with Crippen molar-refractivity contribution in [2.24, 2.45) is 7.05 Å². The van der Waals surface area contributed by atoms with Gasteiger partial charge >= 0.3 is 0 Å². The minimum absolute atomic E-state index is 0.596. The normalized spacial score (nSPS) is 22.6. The second-order valence-corrected chi connectivity index (χ2v) is 5.27. The fraction of sp³-hybridized carbons (Fsp3) is 0.400. The van der Waals surface area contributed by atoms with Crippen LogP contribution in [0.2, 0.25) is 0 Å². The molecule has 3 heteroatoms. The highest BCUT2D eigenvalue weighted by Gasteiger charge is 2.30. The summed E-state index contributed by atoms with van der Waals surface area (Å²) in [7, 11) is 1.95. The van der Waals surface area contributed by atoms with E-state index in [0.29, 0.717) is 6.04 Å². The lowest BCUT2D eigenvalue weighted by molar-refractivity contribution is 0.373. The molecular weight excluding hydrogens is 222 g/mol. The third-order valence-electron chi connectivity index (χ3n) is 3.84. The molecular formula is C15H19N3. The predicted molar refractivity (Wildman–Crippen MR) is 73.8 cm³/mol. The number of hydrogen-bond acceptors (Lipinski definition) is 2. The van der Waals surface area contributed by atoms with Gasteiger partial charge in [0.05, 0.1) is 11.9 Å². The molecule has 1 saturated carbocycles. The second kappa shape index (κ2) is 4.48. The zero-order valence-electron chi connectivity index (χ0n) is 10.9. The van der Waals surface area contributed by atoms with Gasteiger partial charge in [-0.1, -0.05) is 24.3 Å². The van der Waals surface area contributed by atoms with Gasteiger partial charge in [-0.2, -0.15) is 5.10 Å². The summed E-state index contributed by atoms with van der Waals surface area (Å²) >= 11 is 0. The van der Waals surface area contributed by atoms with Gasteiger partial charge in [0.1, 0.15) is 0 Å². The Morgan fingerprint density at radius 3 is 2.72 bits per heavy atom. The van der Waals surface area contributed by atoms with Gasteiger partial charge in [0.2, 0.25) is 0 Å². The minimum atomic E-state index is 0.596. The van der Waals surface area contributed by atoms with E-state index in [9.17, 15) is 0 Å². The van der Waals surface area contributed by atoms with Crippen LogP contribution in [0, 0.1) is 6.92 Å². The van der Waals surface area contributed by atoms with E-state index < -0.39 is 0 Å². The Labute approximate surface area is 108 Å². The lowest BCUT2D eigenvalue weighted by Crippen LogP contribution is -2.34. The molecule has 2 aromatic rings. The standard InChI is InChI=1S/C15H19N3/c1-11-5-3-4-6-15(11)12-7-13(8-12)17-14-9-16-18(2)10-14/h3-6,9-10,12-13,17H,7-8H2,1-2H3. The molecule has 3 rings (SSSR count). The van der Waals surface area contributed by atoms with Crippen LogP contribution in [0.15, 0.2) is 36.7 Å². The first-order valence-corrected chi connectivity index (χ1v) is 6.53. The molecule has 1 fully saturated rings. The molecule has 0 spiro atoms. The monoisotopic (exact) mass is 241 g/mol. The molecule has 0 bridgehead atoms. The van der Waals surface area contributed by atoms with Crippen LogP contribution in [0.5, 0.6) is 0 Å². The molecule has 94 valence electrons. The maximum atomic E-state index is 4.17. The average Bonchev–Trinajstić information content (AvgIpc) is 2.70. The molecule has 1 aromatic heterocycles.